The van der Waals surface area contributed by atoms with Crippen molar-refractivity contribution < 1.29 is 9.13 Å². The number of ether oxygens (including phenoxy) is 1. The summed E-state index contributed by atoms with van der Waals surface area (Å²) in [5.41, 5.74) is 6.70. The molecule has 0 bridgehead atoms. The van der Waals surface area contributed by atoms with Gasteiger partial charge in [0.25, 0.3) is 0 Å². The van der Waals surface area contributed by atoms with Crippen LogP contribution in [-0.2, 0) is 6.42 Å². The Hall–Kier alpha value is -1.29. The lowest BCUT2D eigenvalue weighted by atomic mass is 10.1. The van der Waals surface area contributed by atoms with E-state index in [1.807, 2.05) is 13.0 Å². The second-order valence-corrected chi connectivity index (χ2v) is 5.43. The third kappa shape index (κ3) is 3.85. The van der Waals surface area contributed by atoms with Crippen LogP contribution < -0.4 is 10.5 Å². The molecule has 0 spiro atoms. The van der Waals surface area contributed by atoms with Gasteiger partial charge in [-0.1, -0.05) is 29.3 Å². The topological polar surface area (TPSA) is 35.2 Å². The molecule has 0 aliphatic carbocycles. The average Bonchev–Trinajstić information content (AvgIpc) is 2.37. The molecule has 1 unspecified atom stereocenters. The highest BCUT2D eigenvalue weighted by Gasteiger charge is 2.07. The maximum Gasteiger partial charge on any atom is 0.145 e. The minimum Gasteiger partial charge on any atom is -0.457 e. The maximum absolute atomic E-state index is 13.3. The van der Waals surface area contributed by atoms with Gasteiger partial charge >= 0.3 is 0 Å². The lowest BCUT2D eigenvalue weighted by Crippen LogP contribution is -2.17. The SMILES string of the molecule is CC(N)Cc1ccc(Oc2ccc(Cl)c(F)c2)cc1Cl. The Morgan fingerprint density at radius 2 is 1.75 bits per heavy atom. The minimum absolute atomic E-state index is 0.0321. The van der Waals surface area contributed by atoms with E-state index in [1.165, 1.54) is 12.1 Å². The van der Waals surface area contributed by atoms with Crippen LogP contribution >= 0.6 is 23.2 Å². The van der Waals surface area contributed by atoms with Crippen molar-refractivity contribution in [3.8, 4) is 11.5 Å². The van der Waals surface area contributed by atoms with Crippen LogP contribution in [0.25, 0.3) is 0 Å². The van der Waals surface area contributed by atoms with Gasteiger partial charge in [-0.25, -0.2) is 4.39 Å². The fourth-order valence-electron chi connectivity index (χ4n) is 1.78. The molecule has 0 aromatic heterocycles. The van der Waals surface area contributed by atoms with Crippen molar-refractivity contribution in [3.05, 3.63) is 57.8 Å². The number of hydrogen-bond acceptors (Lipinski definition) is 2. The second-order valence-electron chi connectivity index (χ2n) is 4.61. The van der Waals surface area contributed by atoms with Gasteiger partial charge in [-0.3, -0.25) is 0 Å². The molecule has 0 aliphatic heterocycles. The van der Waals surface area contributed by atoms with Crippen LogP contribution in [0.2, 0.25) is 10.0 Å². The summed E-state index contributed by atoms with van der Waals surface area (Å²) in [6, 6.07) is 9.61. The molecule has 0 fully saturated rings. The quantitative estimate of drug-likeness (QED) is 0.878. The monoisotopic (exact) mass is 313 g/mol. The second kappa shape index (κ2) is 6.44. The number of halogens is 3. The number of nitrogens with two attached hydrogens (primary N) is 1. The Balaban J connectivity index is 2.17. The van der Waals surface area contributed by atoms with Crippen LogP contribution in [0.5, 0.6) is 11.5 Å². The van der Waals surface area contributed by atoms with Crippen molar-refractivity contribution in [2.75, 3.05) is 0 Å². The van der Waals surface area contributed by atoms with Crippen molar-refractivity contribution in [3.63, 3.8) is 0 Å². The van der Waals surface area contributed by atoms with Crippen LogP contribution in [0.3, 0.4) is 0 Å². The molecule has 2 nitrogen and oxygen atoms in total. The lowest BCUT2D eigenvalue weighted by Gasteiger charge is -2.10. The van der Waals surface area contributed by atoms with E-state index in [0.29, 0.717) is 22.9 Å². The highest BCUT2D eigenvalue weighted by atomic mass is 35.5. The number of benzene rings is 2. The first-order valence-electron chi connectivity index (χ1n) is 6.12. The fraction of sp³-hybridized carbons (Fsp3) is 0.200. The van der Waals surface area contributed by atoms with Crippen molar-refractivity contribution in [1.82, 2.24) is 0 Å². The molecular weight excluding hydrogens is 300 g/mol. The Kier molecular flexibility index (Phi) is 4.86. The highest BCUT2D eigenvalue weighted by molar-refractivity contribution is 6.31. The Labute approximate surface area is 127 Å². The van der Waals surface area contributed by atoms with Crippen LogP contribution in [0.15, 0.2) is 36.4 Å². The fourth-order valence-corrected chi connectivity index (χ4v) is 2.15. The zero-order valence-electron chi connectivity index (χ0n) is 10.9. The van der Waals surface area contributed by atoms with Crippen LogP contribution in [0.4, 0.5) is 4.39 Å². The first kappa shape index (κ1) is 15.1. The van der Waals surface area contributed by atoms with Gasteiger partial charge in [-0.05, 0) is 43.2 Å². The van der Waals surface area contributed by atoms with Gasteiger partial charge in [0.15, 0.2) is 0 Å². The van der Waals surface area contributed by atoms with E-state index in [0.717, 1.165) is 5.56 Å². The zero-order valence-corrected chi connectivity index (χ0v) is 12.4. The van der Waals surface area contributed by atoms with E-state index in [2.05, 4.69) is 0 Å². The molecule has 1 atom stereocenters. The first-order valence-corrected chi connectivity index (χ1v) is 6.88. The first-order chi connectivity index (χ1) is 9.45. The van der Waals surface area contributed by atoms with E-state index < -0.39 is 5.82 Å². The van der Waals surface area contributed by atoms with Gasteiger partial charge < -0.3 is 10.5 Å². The molecule has 20 heavy (non-hydrogen) atoms. The van der Waals surface area contributed by atoms with Crippen LogP contribution in [-0.4, -0.2) is 6.04 Å². The summed E-state index contributed by atoms with van der Waals surface area (Å²) in [6.45, 7) is 1.91. The molecule has 106 valence electrons. The van der Waals surface area contributed by atoms with E-state index in [4.69, 9.17) is 33.7 Å². The molecule has 2 aromatic rings. The Bertz CT molecular complexity index is 617. The highest BCUT2D eigenvalue weighted by Crippen LogP contribution is 2.29. The third-order valence-electron chi connectivity index (χ3n) is 2.69. The normalized spacial score (nSPS) is 12.2. The molecule has 5 heteroatoms. The van der Waals surface area contributed by atoms with Gasteiger partial charge in [0.2, 0.25) is 0 Å². The summed E-state index contributed by atoms with van der Waals surface area (Å²) in [6.07, 6.45) is 0.689. The molecule has 0 aliphatic rings. The standard InChI is InChI=1S/C15H14Cl2FNO/c1-9(19)6-10-2-3-11(7-14(10)17)20-12-4-5-13(16)15(18)8-12/h2-5,7-9H,6,19H2,1H3. The summed E-state index contributed by atoms with van der Waals surface area (Å²) in [5, 5.41) is 0.636. The Morgan fingerprint density at radius 3 is 2.35 bits per heavy atom. The zero-order chi connectivity index (χ0) is 14.7. The molecule has 2 aromatic carbocycles. The number of hydrogen-bond donors (Lipinski definition) is 1. The van der Waals surface area contributed by atoms with E-state index in [-0.39, 0.29) is 11.1 Å². The third-order valence-corrected chi connectivity index (χ3v) is 3.35. The van der Waals surface area contributed by atoms with E-state index >= 15 is 0 Å². The van der Waals surface area contributed by atoms with Crippen LogP contribution in [0.1, 0.15) is 12.5 Å². The molecule has 0 saturated heterocycles. The summed E-state index contributed by atoms with van der Waals surface area (Å²) in [4.78, 5) is 0. The minimum atomic E-state index is -0.524. The van der Waals surface area contributed by atoms with Crippen LogP contribution in [0, 0.1) is 5.82 Å². The molecule has 2 rings (SSSR count). The van der Waals surface area contributed by atoms with Gasteiger partial charge in [0, 0.05) is 17.1 Å². The Morgan fingerprint density at radius 1 is 1.10 bits per heavy atom. The molecule has 0 saturated carbocycles. The number of rotatable bonds is 4. The largest absolute Gasteiger partial charge is 0.457 e. The van der Waals surface area contributed by atoms with Crippen molar-refractivity contribution >= 4 is 23.2 Å². The molecular formula is C15H14Cl2FNO. The molecule has 0 radical (unpaired) electrons. The predicted molar refractivity (Wildman–Crippen MR) is 80.3 cm³/mol. The average molecular weight is 314 g/mol. The molecule has 0 heterocycles. The maximum atomic E-state index is 13.3. The summed E-state index contributed by atoms with van der Waals surface area (Å²) in [5.74, 6) is 0.372. The smallest absolute Gasteiger partial charge is 0.145 e. The molecule has 0 amide bonds. The molecule has 2 N–H and O–H groups in total. The predicted octanol–water partition coefficient (Wildman–Crippen LogP) is 4.81. The van der Waals surface area contributed by atoms with E-state index in [9.17, 15) is 4.39 Å². The summed E-state index contributed by atoms with van der Waals surface area (Å²) in [7, 11) is 0. The van der Waals surface area contributed by atoms with Gasteiger partial charge in [0.1, 0.15) is 17.3 Å². The van der Waals surface area contributed by atoms with Crippen molar-refractivity contribution in [2.45, 2.75) is 19.4 Å². The van der Waals surface area contributed by atoms with E-state index in [1.54, 1.807) is 18.2 Å². The van der Waals surface area contributed by atoms with Gasteiger partial charge in [-0.15, -0.1) is 0 Å². The van der Waals surface area contributed by atoms with Gasteiger partial charge in [0.05, 0.1) is 5.02 Å². The lowest BCUT2D eigenvalue weighted by molar-refractivity contribution is 0.476. The van der Waals surface area contributed by atoms with Gasteiger partial charge in [-0.2, -0.15) is 0 Å². The summed E-state index contributed by atoms with van der Waals surface area (Å²) >= 11 is 11.8. The van der Waals surface area contributed by atoms with Crippen molar-refractivity contribution in [1.29, 1.82) is 0 Å². The van der Waals surface area contributed by atoms with Crippen molar-refractivity contribution in [2.24, 2.45) is 5.73 Å². The summed E-state index contributed by atoms with van der Waals surface area (Å²) < 4.78 is 18.9.